The number of hydrogen-bond donors (Lipinski definition) is 0. The minimum absolute atomic E-state index is 0.0264. The van der Waals surface area contributed by atoms with Crippen molar-refractivity contribution >= 4 is 23.2 Å². The van der Waals surface area contributed by atoms with Crippen molar-refractivity contribution in [2.45, 2.75) is 26.2 Å². The van der Waals surface area contributed by atoms with Gasteiger partial charge in [0.15, 0.2) is 0 Å². The Bertz CT molecular complexity index is 1190. The lowest BCUT2D eigenvalue weighted by molar-refractivity contribution is -0.385. The zero-order chi connectivity index (χ0) is 22.3. The summed E-state index contributed by atoms with van der Waals surface area (Å²) in [6.07, 6.45) is 0. The van der Waals surface area contributed by atoms with E-state index in [0.29, 0.717) is 17.2 Å². The van der Waals surface area contributed by atoms with Crippen molar-refractivity contribution in [1.82, 2.24) is 0 Å². The van der Waals surface area contributed by atoms with E-state index in [4.69, 9.17) is 4.74 Å². The fraction of sp³-hybridized carbons (Fsp3) is 0.167. The summed E-state index contributed by atoms with van der Waals surface area (Å²) in [4.78, 5) is 37.1. The molecular weight excluding hydrogens is 396 g/mol. The maximum atomic E-state index is 12.8. The lowest BCUT2D eigenvalue weighted by Crippen LogP contribution is -2.29. The molecule has 0 bridgehead atoms. The van der Waals surface area contributed by atoms with Gasteiger partial charge in [0.25, 0.3) is 17.5 Å². The summed E-state index contributed by atoms with van der Waals surface area (Å²) in [7, 11) is 0. The van der Waals surface area contributed by atoms with E-state index < -0.39 is 16.7 Å². The van der Waals surface area contributed by atoms with Gasteiger partial charge in [0, 0.05) is 6.07 Å². The van der Waals surface area contributed by atoms with Crippen molar-refractivity contribution < 1.29 is 19.2 Å². The average molecular weight is 416 g/mol. The van der Waals surface area contributed by atoms with Gasteiger partial charge in [0.2, 0.25) is 0 Å². The zero-order valence-corrected chi connectivity index (χ0v) is 17.3. The summed E-state index contributed by atoms with van der Waals surface area (Å²) in [5.41, 5.74) is 1.01. The summed E-state index contributed by atoms with van der Waals surface area (Å²) in [6.45, 7) is 6.40. The van der Waals surface area contributed by atoms with E-state index in [0.717, 1.165) is 4.90 Å². The monoisotopic (exact) mass is 416 g/mol. The van der Waals surface area contributed by atoms with Crippen LogP contribution >= 0.6 is 0 Å². The third kappa shape index (κ3) is 3.66. The van der Waals surface area contributed by atoms with Gasteiger partial charge in [0.05, 0.1) is 16.2 Å². The molecule has 0 saturated carbocycles. The number of carbonyl (C=O) groups is 2. The smallest absolute Gasteiger partial charge is 0.283 e. The van der Waals surface area contributed by atoms with Crippen molar-refractivity contribution in [1.29, 1.82) is 0 Å². The molecule has 0 aliphatic carbocycles. The molecule has 0 fully saturated rings. The van der Waals surface area contributed by atoms with Gasteiger partial charge in [0.1, 0.15) is 17.1 Å². The number of rotatable bonds is 4. The molecule has 0 atom stereocenters. The molecule has 0 unspecified atom stereocenters. The molecule has 156 valence electrons. The zero-order valence-electron chi connectivity index (χ0n) is 17.3. The summed E-state index contributed by atoms with van der Waals surface area (Å²) < 4.78 is 5.85. The van der Waals surface area contributed by atoms with E-state index in [9.17, 15) is 19.7 Å². The first-order valence-electron chi connectivity index (χ1n) is 9.71. The number of fused-ring (bicyclic) bond motifs is 1. The minimum Gasteiger partial charge on any atom is -0.457 e. The summed E-state index contributed by atoms with van der Waals surface area (Å²) in [5, 5.41) is 11.3. The van der Waals surface area contributed by atoms with Gasteiger partial charge in [-0.15, -0.1) is 0 Å². The van der Waals surface area contributed by atoms with Gasteiger partial charge < -0.3 is 4.74 Å². The Morgan fingerprint density at radius 1 is 0.839 bits per heavy atom. The number of amides is 2. The molecule has 31 heavy (non-hydrogen) atoms. The van der Waals surface area contributed by atoms with Crippen molar-refractivity contribution in [3.05, 3.63) is 93.5 Å². The van der Waals surface area contributed by atoms with E-state index in [1.54, 1.807) is 24.3 Å². The molecule has 4 rings (SSSR count). The molecule has 0 N–H and O–H groups in total. The predicted molar refractivity (Wildman–Crippen MR) is 116 cm³/mol. The highest BCUT2D eigenvalue weighted by Gasteiger charge is 2.41. The van der Waals surface area contributed by atoms with Crippen LogP contribution in [0.25, 0.3) is 0 Å². The van der Waals surface area contributed by atoms with Crippen LogP contribution in [0, 0.1) is 10.1 Å². The Morgan fingerprint density at radius 3 is 1.97 bits per heavy atom. The Balaban J connectivity index is 1.56. The fourth-order valence-corrected chi connectivity index (χ4v) is 3.48. The van der Waals surface area contributed by atoms with Crippen molar-refractivity contribution in [2.24, 2.45) is 0 Å². The number of nitro groups is 1. The van der Waals surface area contributed by atoms with E-state index in [2.05, 4.69) is 20.8 Å². The normalized spacial score (nSPS) is 13.3. The maximum Gasteiger partial charge on any atom is 0.283 e. The summed E-state index contributed by atoms with van der Waals surface area (Å²) in [6, 6.07) is 18.3. The molecule has 1 heterocycles. The molecule has 7 heteroatoms. The second-order valence-corrected chi connectivity index (χ2v) is 8.27. The molecule has 3 aromatic rings. The second kappa shape index (κ2) is 7.36. The number of benzene rings is 3. The van der Waals surface area contributed by atoms with Crippen LogP contribution in [0.2, 0.25) is 0 Å². The molecule has 0 radical (unpaired) electrons. The Labute approximate surface area is 179 Å². The van der Waals surface area contributed by atoms with E-state index in [-0.39, 0.29) is 22.2 Å². The number of imide groups is 1. The molecule has 2 amide bonds. The SMILES string of the molecule is CC(C)(C)c1ccc(Oc2ccc(N3C(=O)c4cccc([N+](=O)[O-])c4C3=O)cc2)cc1. The largest absolute Gasteiger partial charge is 0.457 e. The number of hydrogen-bond acceptors (Lipinski definition) is 5. The Hall–Kier alpha value is -4.00. The summed E-state index contributed by atoms with van der Waals surface area (Å²) in [5.74, 6) is -0.0965. The minimum atomic E-state index is -0.710. The fourth-order valence-electron chi connectivity index (χ4n) is 3.48. The molecule has 3 aromatic carbocycles. The number of nitrogens with zero attached hydrogens (tertiary/aromatic N) is 2. The molecule has 1 aliphatic rings. The van der Waals surface area contributed by atoms with Crippen LogP contribution in [-0.4, -0.2) is 16.7 Å². The van der Waals surface area contributed by atoms with Gasteiger partial charge in [-0.05, 0) is 53.4 Å². The first-order chi connectivity index (χ1) is 14.7. The van der Waals surface area contributed by atoms with Crippen LogP contribution in [0.1, 0.15) is 47.1 Å². The standard InChI is InChI=1S/C24H20N2O5/c1-24(2,3)15-7-11-17(12-8-15)31-18-13-9-16(10-14-18)25-22(27)19-5-4-6-20(26(29)30)21(19)23(25)28/h4-14H,1-3H3. The van der Waals surface area contributed by atoms with Gasteiger partial charge in [-0.2, -0.15) is 0 Å². The van der Waals surface area contributed by atoms with Crippen molar-refractivity contribution in [3.8, 4) is 11.5 Å². The summed E-state index contributed by atoms with van der Waals surface area (Å²) >= 11 is 0. The van der Waals surface area contributed by atoms with Crippen LogP contribution in [0.15, 0.2) is 66.7 Å². The number of carbonyl (C=O) groups excluding carboxylic acids is 2. The average Bonchev–Trinajstić information content (AvgIpc) is 2.99. The molecule has 7 nitrogen and oxygen atoms in total. The highest BCUT2D eigenvalue weighted by atomic mass is 16.6. The molecule has 1 aliphatic heterocycles. The number of anilines is 1. The topological polar surface area (TPSA) is 89.8 Å². The third-order valence-corrected chi connectivity index (χ3v) is 5.14. The quantitative estimate of drug-likeness (QED) is 0.319. The van der Waals surface area contributed by atoms with Gasteiger partial charge in [-0.3, -0.25) is 19.7 Å². The molecular formula is C24H20N2O5. The maximum absolute atomic E-state index is 12.8. The van der Waals surface area contributed by atoms with Crippen LogP contribution in [0.5, 0.6) is 11.5 Å². The number of nitro benzene ring substituents is 1. The predicted octanol–water partition coefficient (Wildman–Crippen LogP) is 5.49. The lowest BCUT2D eigenvalue weighted by Gasteiger charge is -2.19. The van der Waals surface area contributed by atoms with E-state index in [1.807, 2.05) is 24.3 Å². The Kier molecular flexibility index (Phi) is 4.81. The van der Waals surface area contributed by atoms with Crippen LogP contribution in [-0.2, 0) is 5.41 Å². The van der Waals surface area contributed by atoms with Crippen LogP contribution in [0.4, 0.5) is 11.4 Å². The highest BCUT2D eigenvalue weighted by molar-refractivity contribution is 6.35. The lowest BCUT2D eigenvalue weighted by atomic mass is 9.87. The van der Waals surface area contributed by atoms with Crippen LogP contribution < -0.4 is 9.64 Å². The highest BCUT2D eigenvalue weighted by Crippen LogP contribution is 2.35. The number of ether oxygens (including phenoxy) is 1. The van der Waals surface area contributed by atoms with E-state index in [1.165, 1.54) is 23.8 Å². The van der Waals surface area contributed by atoms with Crippen molar-refractivity contribution in [2.75, 3.05) is 4.90 Å². The molecule has 0 aromatic heterocycles. The van der Waals surface area contributed by atoms with Gasteiger partial charge in [-0.25, -0.2) is 4.90 Å². The second-order valence-electron chi connectivity index (χ2n) is 8.27. The van der Waals surface area contributed by atoms with Crippen LogP contribution in [0.3, 0.4) is 0 Å². The molecule has 0 saturated heterocycles. The Morgan fingerprint density at radius 2 is 1.42 bits per heavy atom. The third-order valence-electron chi connectivity index (χ3n) is 5.14. The van der Waals surface area contributed by atoms with Gasteiger partial charge >= 0.3 is 0 Å². The first-order valence-corrected chi connectivity index (χ1v) is 9.71. The molecule has 0 spiro atoms. The van der Waals surface area contributed by atoms with Gasteiger partial charge in [-0.1, -0.05) is 39.0 Å². The van der Waals surface area contributed by atoms with E-state index >= 15 is 0 Å². The van der Waals surface area contributed by atoms with Crippen molar-refractivity contribution in [3.63, 3.8) is 0 Å². The first kappa shape index (κ1) is 20.3.